The highest BCUT2D eigenvalue weighted by atomic mass is 16.5. The molecular formula is C16H18N4O2. The van der Waals surface area contributed by atoms with E-state index in [1.165, 1.54) is 5.69 Å². The van der Waals surface area contributed by atoms with Gasteiger partial charge in [-0.05, 0) is 12.1 Å². The fourth-order valence-electron chi connectivity index (χ4n) is 3.56. The number of fused-ring (bicyclic) bond motifs is 1. The summed E-state index contributed by atoms with van der Waals surface area (Å²) < 4.78 is 4.97. The van der Waals surface area contributed by atoms with Gasteiger partial charge in [0.15, 0.2) is 5.82 Å². The number of anilines is 2. The Morgan fingerprint density at radius 3 is 2.32 bits per heavy atom. The van der Waals surface area contributed by atoms with E-state index in [1.807, 2.05) is 6.07 Å². The molecule has 0 radical (unpaired) electrons. The first kappa shape index (κ1) is 13.2. The van der Waals surface area contributed by atoms with Crippen LogP contribution in [-0.2, 0) is 0 Å². The first-order valence-electron chi connectivity index (χ1n) is 7.52. The number of carbonyl (C=O) groups excluding carboxylic acids is 1. The minimum Gasteiger partial charge on any atom is -0.371 e. The molecule has 0 aliphatic carbocycles. The molecule has 0 spiro atoms. The molecule has 2 saturated heterocycles. The van der Waals surface area contributed by atoms with Crippen LogP contribution in [0.2, 0.25) is 0 Å². The SMILES string of the molecule is NC(=O)c1cc(N2CC3CN(c4ccccc4)CC3C2)no1. The smallest absolute Gasteiger partial charge is 0.287 e. The van der Waals surface area contributed by atoms with Crippen LogP contribution in [0.15, 0.2) is 40.9 Å². The Morgan fingerprint density at radius 1 is 1.09 bits per heavy atom. The van der Waals surface area contributed by atoms with Gasteiger partial charge in [0.25, 0.3) is 5.91 Å². The van der Waals surface area contributed by atoms with Crippen molar-refractivity contribution < 1.29 is 9.32 Å². The van der Waals surface area contributed by atoms with E-state index in [0.717, 1.165) is 32.0 Å². The van der Waals surface area contributed by atoms with Gasteiger partial charge in [0, 0.05) is 49.8 Å². The summed E-state index contributed by atoms with van der Waals surface area (Å²) in [6, 6.07) is 12.2. The summed E-state index contributed by atoms with van der Waals surface area (Å²) >= 11 is 0. The molecule has 1 aromatic heterocycles. The number of amides is 1. The van der Waals surface area contributed by atoms with E-state index >= 15 is 0 Å². The number of hydrogen-bond acceptors (Lipinski definition) is 5. The minimum atomic E-state index is -0.576. The molecule has 0 saturated carbocycles. The first-order chi connectivity index (χ1) is 10.7. The summed E-state index contributed by atoms with van der Waals surface area (Å²) in [6.45, 7) is 4.01. The summed E-state index contributed by atoms with van der Waals surface area (Å²) in [6.07, 6.45) is 0. The van der Waals surface area contributed by atoms with Crippen LogP contribution in [-0.4, -0.2) is 37.2 Å². The van der Waals surface area contributed by atoms with Gasteiger partial charge in [-0.25, -0.2) is 0 Å². The van der Waals surface area contributed by atoms with Crippen molar-refractivity contribution >= 4 is 17.4 Å². The number of rotatable bonds is 3. The second-order valence-electron chi connectivity index (χ2n) is 6.08. The molecule has 2 atom stereocenters. The van der Waals surface area contributed by atoms with Crippen LogP contribution in [0, 0.1) is 11.8 Å². The number of carbonyl (C=O) groups is 1. The lowest BCUT2D eigenvalue weighted by molar-refractivity contribution is 0.0965. The van der Waals surface area contributed by atoms with E-state index in [-0.39, 0.29) is 5.76 Å². The van der Waals surface area contributed by atoms with Gasteiger partial charge in [0.1, 0.15) is 0 Å². The molecule has 6 heteroatoms. The monoisotopic (exact) mass is 298 g/mol. The normalized spacial score (nSPS) is 23.8. The van der Waals surface area contributed by atoms with Crippen molar-refractivity contribution in [3.05, 3.63) is 42.2 Å². The quantitative estimate of drug-likeness (QED) is 0.925. The zero-order valence-electron chi connectivity index (χ0n) is 12.2. The van der Waals surface area contributed by atoms with E-state index in [0.29, 0.717) is 11.8 Å². The van der Waals surface area contributed by atoms with Crippen LogP contribution in [0.25, 0.3) is 0 Å². The van der Waals surface area contributed by atoms with Crippen LogP contribution in [0.1, 0.15) is 10.6 Å². The van der Waals surface area contributed by atoms with Crippen molar-refractivity contribution in [1.82, 2.24) is 5.16 Å². The molecule has 4 rings (SSSR count). The molecule has 0 bridgehead atoms. The van der Waals surface area contributed by atoms with Crippen molar-refractivity contribution in [2.45, 2.75) is 0 Å². The lowest BCUT2D eigenvalue weighted by atomic mass is 10.0. The Labute approximate surface area is 128 Å². The number of para-hydroxylation sites is 1. The van der Waals surface area contributed by atoms with E-state index in [2.05, 4.69) is 39.2 Å². The first-order valence-corrected chi connectivity index (χ1v) is 7.52. The second-order valence-corrected chi connectivity index (χ2v) is 6.08. The molecule has 3 heterocycles. The van der Waals surface area contributed by atoms with Crippen molar-refractivity contribution in [2.24, 2.45) is 17.6 Å². The van der Waals surface area contributed by atoms with E-state index < -0.39 is 5.91 Å². The summed E-state index contributed by atoms with van der Waals surface area (Å²) in [5.74, 6) is 1.50. The minimum absolute atomic E-state index is 0.123. The lowest BCUT2D eigenvalue weighted by Crippen LogP contribution is -2.28. The maximum absolute atomic E-state index is 11.1. The van der Waals surface area contributed by atoms with Gasteiger partial charge in [0.05, 0.1) is 0 Å². The summed E-state index contributed by atoms with van der Waals surface area (Å²) in [7, 11) is 0. The van der Waals surface area contributed by atoms with Gasteiger partial charge in [-0.15, -0.1) is 0 Å². The highest BCUT2D eigenvalue weighted by Gasteiger charge is 2.40. The van der Waals surface area contributed by atoms with Crippen LogP contribution in [0.4, 0.5) is 11.5 Å². The maximum Gasteiger partial charge on any atom is 0.287 e. The van der Waals surface area contributed by atoms with Gasteiger partial charge in [-0.3, -0.25) is 4.79 Å². The molecular weight excluding hydrogens is 280 g/mol. The summed E-state index contributed by atoms with van der Waals surface area (Å²) in [4.78, 5) is 15.7. The van der Waals surface area contributed by atoms with Crippen LogP contribution >= 0.6 is 0 Å². The van der Waals surface area contributed by atoms with Crippen molar-refractivity contribution in [2.75, 3.05) is 36.0 Å². The molecule has 2 unspecified atom stereocenters. The molecule has 22 heavy (non-hydrogen) atoms. The molecule has 1 amide bonds. The predicted molar refractivity (Wildman–Crippen MR) is 82.9 cm³/mol. The largest absolute Gasteiger partial charge is 0.371 e. The van der Waals surface area contributed by atoms with Gasteiger partial charge in [-0.2, -0.15) is 0 Å². The Balaban J connectivity index is 1.44. The standard InChI is InChI=1S/C16H18N4O2/c17-16(21)14-6-15(18-22-14)20-9-11-7-19(8-12(11)10-20)13-4-2-1-3-5-13/h1-6,11-12H,7-10H2,(H2,17,21). The zero-order chi connectivity index (χ0) is 15.1. The fraction of sp³-hybridized carbons (Fsp3) is 0.375. The number of benzene rings is 1. The molecule has 114 valence electrons. The summed E-state index contributed by atoms with van der Waals surface area (Å²) in [5.41, 5.74) is 6.49. The molecule has 6 nitrogen and oxygen atoms in total. The zero-order valence-corrected chi connectivity index (χ0v) is 12.2. The number of nitrogens with two attached hydrogens (primary N) is 1. The van der Waals surface area contributed by atoms with Crippen LogP contribution in [0.5, 0.6) is 0 Å². The maximum atomic E-state index is 11.1. The van der Waals surface area contributed by atoms with Gasteiger partial charge in [0.2, 0.25) is 5.76 Å². The molecule has 2 aliphatic rings. The molecule has 2 aromatic rings. The van der Waals surface area contributed by atoms with Crippen molar-refractivity contribution in [1.29, 1.82) is 0 Å². The van der Waals surface area contributed by atoms with Gasteiger partial charge in [-0.1, -0.05) is 23.4 Å². The van der Waals surface area contributed by atoms with Crippen LogP contribution in [0.3, 0.4) is 0 Å². The third kappa shape index (κ3) is 2.20. The number of primary amides is 1. The Bertz CT molecular complexity index is 670. The number of nitrogens with zero attached hydrogens (tertiary/aromatic N) is 3. The average Bonchev–Trinajstić information content (AvgIpc) is 3.21. The van der Waals surface area contributed by atoms with Crippen molar-refractivity contribution in [3.63, 3.8) is 0 Å². The second kappa shape index (κ2) is 5.05. The van der Waals surface area contributed by atoms with E-state index in [1.54, 1.807) is 6.07 Å². The van der Waals surface area contributed by atoms with Crippen LogP contribution < -0.4 is 15.5 Å². The number of hydrogen-bond donors (Lipinski definition) is 1. The van der Waals surface area contributed by atoms with E-state index in [9.17, 15) is 4.79 Å². The highest BCUT2D eigenvalue weighted by molar-refractivity contribution is 5.90. The lowest BCUT2D eigenvalue weighted by Gasteiger charge is -2.22. The number of aromatic nitrogens is 1. The third-order valence-corrected chi connectivity index (χ3v) is 4.67. The van der Waals surface area contributed by atoms with E-state index in [4.69, 9.17) is 10.3 Å². The molecule has 2 aliphatic heterocycles. The van der Waals surface area contributed by atoms with Gasteiger partial charge >= 0.3 is 0 Å². The predicted octanol–water partition coefficient (Wildman–Crippen LogP) is 1.35. The fourth-order valence-corrected chi connectivity index (χ4v) is 3.56. The Morgan fingerprint density at radius 2 is 1.73 bits per heavy atom. The highest BCUT2D eigenvalue weighted by Crippen LogP contribution is 2.35. The average molecular weight is 298 g/mol. The third-order valence-electron chi connectivity index (χ3n) is 4.67. The van der Waals surface area contributed by atoms with Gasteiger partial charge < -0.3 is 20.1 Å². The Kier molecular flexibility index (Phi) is 3.03. The molecule has 1 aromatic carbocycles. The Hall–Kier alpha value is -2.50. The molecule has 2 N–H and O–H groups in total. The molecule has 2 fully saturated rings. The summed E-state index contributed by atoms with van der Waals surface area (Å²) in [5, 5.41) is 3.96. The topological polar surface area (TPSA) is 75.6 Å². The van der Waals surface area contributed by atoms with Crippen molar-refractivity contribution in [3.8, 4) is 0 Å².